The molecule has 0 bridgehead atoms. The van der Waals surface area contributed by atoms with Crippen LogP contribution in [0.3, 0.4) is 0 Å². The molecule has 0 amide bonds. The van der Waals surface area contributed by atoms with Gasteiger partial charge in [-0.25, -0.2) is 4.98 Å². The van der Waals surface area contributed by atoms with Crippen molar-refractivity contribution in [2.75, 3.05) is 0 Å². The van der Waals surface area contributed by atoms with Crippen molar-refractivity contribution in [1.82, 2.24) is 9.55 Å². The van der Waals surface area contributed by atoms with Gasteiger partial charge in [-0.3, -0.25) is 9.59 Å². The smallest absolute Gasteiger partial charge is 0.214 e. The van der Waals surface area contributed by atoms with Crippen LogP contribution in [0.2, 0.25) is 0 Å². The summed E-state index contributed by atoms with van der Waals surface area (Å²) in [6.07, 6.45) is 1.55. The van der Waals surface area contributed by atoms with E-state index in [4.69, 9.17) is 0 Å². The van der Waals surface area contributed by atoms with Gasteiger partial charge >= 0.3 is 0 Å². The van der Waals surface area contributed by atoms with Crippen LogP contribution < -0.4 is 0 Å². The van der Waals surface area contributed by atoms with E-state index >= 15 is 0 Å². The van der Waals surface area contributed by atoms with E-state index in [0.29, 0.717) is 23.4 Å². The zero-order valence-electron chi connectivity index (χ0n) is 9.30. The van der Waals surface area contributed by atoms with Crippen molar-refractivity contribution < 1.29 is 9.59 Å². The molecule has 3 rings (SSSR count). The van der Waals surface area contributed by atoms with E-state index in [2.05, 4.69) is 4.98 Å². The van der Waals surface area contributed by atoms with Gasteiger partial charge in [0, 0.05) is 17.7 Å². The number of aromatic nitrogens is 2. The SMILES string of the molecule is CCn1cnc2c1C(=O)c1ccccc1C2=O. The zero-order chi connectivity index (χ0) is 12.0. The first-order valence-electron chi connectivity index (χ1n) is 5.47. The van der Waals surface area contributed by atoms with Gasteiger partial charge in [-0.1, -0.05) is 24.3 Å². The van der Waals surface area contributed by atoms with Gasteiger partial charge in [0.05, 0.1) is 6.33 Å². The van der Waals surface area contributed by atoms with Crippen LogP contribution in [0.5, 0.6) is 0 Å². The van der Waals surface area contributed by atoms with Crippen molar-refractivity contribution in [3.8, 4) is 0 Å². The van der Waals surface area contributed by atoms with Crippen LogP contribution in [0, 0.1) is 0 Å². The van der Waals surface area contributed by atoms with E-state index in [1.807, 2.05) is 6.92 Å². The van der Waals surface area contributed by atoms with Crippen molar-refractivity contribution in [3.05, 3.63) is 53.1 Å². The van der Waals surface area contributed by atoms with Crippen molar-refractivity contribution >= 4 is 11.6 Å². The maximum absolute atomic E-state index is 12.3. The number of aryl methyl sites for hydroxylation is 1. The Hall–Kier alpha value is -2.23. The molecule has 0 saturated carbocycles. The van der Waals surface area contributed by atoms with E-state index in [0.717, 1.165) is 0 Å². The summed E-state index contributed by atoms with van der Waals surface area (Å²) in [6, 6.07) is 6.88. The van der Waals surface area contributed by atoms with Gasteiger partial charge in [-0.15, -0.1) is 0 Å². The number of benzene rings is 1. The molecule has 1 aromatic heterocycles. The highest BCUT2D eigenvalue weighted by Crippen LogP contribution is 2.26. The molecule has 1 heterocycles. The summed E-state index contributed by atoms with van der Waals surface area (Å²) in [5, 5.41) is 0. The van der Waals surface area contributed by atoms with E-state index in [9.17, 15) is 9.59 Å². The molecule has 2 aromatic rings. The maximum atomic E-state index is 12.3. The van der Waals surface area contributed by atoms with Crippen molar-refractivity contribution in [2.24, 2.45) is 0 Å². The summed E-state index contributed by atoms with van der Waals surface area (Å²) in [5.41, 5.74) is 1.61. The molecule has 1 aliphatic rings. The minimum Gasteiger partial charge on any atom is -0.328 e. The summed E-state index contributed by atoms with van der Waals surface area (Å²) in [6.45, 7) is 2.55. The number of hydrogen-bond acceptors (Lipinski definition) is 3. The van der Waals surface area contributed by atoms with Gasteiger partial charge in [0.25, 0.3) is 0 Å². The quantitative estimate of drug-likeness (QED) is 0.634. The molecule has 0 N–H and O–H groups in total. The summed E-state index contributed by atoms with van der Waals surface area (Å²) in [7, 11) is 0. The normalized spacial score (nSPS) is 13.5. The molecule has 0 atom stereocenters. The highest BCUT2D eigenvalue weighted by atomic mass is 16.1. The number of ketones is 2. The first-order valence-corrected chi connectivity index (χ1v) is 5.47. The summed E-state index contributed by atoms with van der Waals surface area (Å²) >= 11 is 0. The third kappa shape index (κ3) is 1.21. The first-order chi connectivity index (χ1) is 8.24. The Morgan fingerprint density at radius 1 is 1.12 bits per heavy atom. The molecule has 0 spiro atoms. The second-order valence-electron chi connectivity index (χ2n) is 3.93. The van der Waals surface area contributed by atoms with Gasteiger partial charge in [0.2, 0.25) is 11.6 Å². The fourth-order valence-electron chi connectivity index (χ4n) is 2.16. The van der Waals surface area contributed by atoms with Crippen LogP contribution in [0.1, 0.15) is 39.0 Å². The molecule has 4 nitrogen and oxygen atoms in total. The Morgan fingerprint density at radius 2 is 1.76 bits per heavy atom. The Kier molecular flexibility index (Phi) is 1.98. The van der Waals surface area contributed by atoms with Gasteiger partial charge in [0.15, 0.2) is 0 Å². The minimum absolute atomic E-state index is 0.116. The molecule has 4 heteroatoms. The minimum atomic E-state index is -0.164. The average Bonchev–Trinajstić information content (AvgIpc) is 2.80. The predicted octanol–water partition coefficient (Wildman–Crippen LogP) is 1.68. The van der Waals surface area contributed by atoms with E-state index in [-0.39, 0.29) is 17.3 Å². The lowest BCUT2D eigenvalue weighted by Crippen LogP contribution is -2.22. The average molecular weight is 226 g/mol. The molecule has 0 unspecified atom stereocenters. The standard InChI is InChI=1S/C13H10N2O2/c1-2-15-7-14-10-11(15)13(17)9-6-4-3-5-8(9)12(10)16/h3-7H,2H2,1H3. The van der Waals surface area contributed by atoms with Crippen LogP contribution in [0.4, 0.5) is 0 Å². The van der Waals surface area contributed by atoms with Gasteiger partial charge in [-0.2, -0.15) is 0 Å². The van der Waals surface area contributed by atoms with Crippen LogP contribution in [0.15, 0.2) is 30.6 Å². The predicted molar refractivity (Wildman–Crippen MR) is 61.2 cm³/mol. The maximum Gasteiger partial charge on any atom is 0.214 e. The molecule has 17 heavy (non-hydrogen) atoms. The van der Waals surface area contributed by atoms with Crippen LogP contribution in [0.25, 0.3) is 0 Å². The molecule has 0 saturated heterocycles. The number of carbonyl (C=O) groups is 2. The van der Waals surface area contributed by atoms with Gasteiger partial charge in [0.1, 0.15) is 11.4 Å². The fourth-order valence-corrected chi connectivity index (χ4v) is 2.16. The molecular weight excluding hydrogens is 216 g/mol. The lowest BCUT2D eigenvalue weighted by molar-refractivity contribution is 0.0971. The Morgan fingerprint density at radius 3 is 2.41 bits per heavy atom. The lowest BCUT2D eigenvalue weighted by atomic mass is 9.90. The van der Waals surface area contributed by atoms with E-state index in [1.165, 1.54) is 0 Å². The van der Waals surface area contributed by atoms with Crippen molar-refractivity contribution in [2.45, 2.75) is 13.5 Å². The number of rotatable bonds is 1. The highest BCUT2D eigenvalue weighted by molar-refractivity contribution is 6.27. The molecule has 0 radical (unpaired) electrons. The first kappa shape index (κ1) is 9.96. The lowest BCUT2D eigenvalue weighted by Gasteiger charge is -2.14. The summed E-state index contributed by atoms with van der Waals surface area (Å²) < 4.78 is 1.71. The Balaban J connectivity index is 2.31. The second-order valence-corrected chi connectivity index (χ2v) is 3.93. The van der Waals surface area contributed by atoms with E-state index < -0.39 is 0 Å². The third-order valence-corrected chi connectivity index (χ3v) is 3.02. The van der Waals surface area contributed by atoms with Crippen LogP contribution in [-0.4, -0.2) is 21.1 Å². The monoisotopic (exact) mass is 226 g/mol. The Bertz CT molecular complexity index is 641. The van der Waals surface area contributed by atoms with E-state index in [1.54, 1.807) is 35.2 Å². The highest BCUT2D eigenvalue weighted by Gasteiger charge is 2.33. The number of imidazole rings is 1. The zero-order valence-corrected chi connectivity index (χ0v) is 9.30. The number of hydrogen-bond donors (Lipinski definition) is 0. The van der Waals surface area contributed by atoms with Crippen molar-refractivity contribution in [3.63, 3.8) is 0 Å². The molecule has 0 aliphatic heterocycles. The molecular formula is C13H10N2O2. The molecule has 84 valence electrons. The fraction of sp³-hybridized carbons (Fsp3) is 0.154. The summed E-state index contributed by atoms with van der Waals surface area (Å²) in [4.78, 5) is 28.5. The van der Waals surface area contributed by atoms with Crippen molar-refractivity contribution in [1.29, 1.82) is 0 Å². The third-order valence-electron chi connectivity index (χ3n) is 3.02. The summed E-state index contributed by atoms with van der Waals surface area (Å²) in [5.74, 6) is -0.281. The van der Waals surface area contributed by atoms with Crippen LogP contribution >= 0.6 is 0 Å². The molecule has 1 aromatic carbocycles. The number of fused-ring (bicyclic) bond motifs is 2. The van der Waals surface area contributed by atoms with Gasteiger partial charge in [-0.05, 0) is 6.92 Å². The number of nitrogens with zero attached hydrogens (tertiary/aromatic N) is 2. The largest absolute Gasteiger partial charge is 0.328 e. The molecule has 1 aliphatic carbocycles. The van der Waals surface area contributed by atoms with Crippen LogP contribution in [-0.2, 0) is 6.54 Å². The second kappa shape index (κ2) is 3.38. The van der Waals surface area contributed by atoms with Gasteiger partial charge < -0.3 is 4.57 Å². The topological polar surface area (TPSA) is 52.0 Å². The Labute approximate surface area is 97.9 Å². The molecule has 0 fully saturated rings. The number of carbonyl (C=O) groups excluding carboxylic acids is 2.